The van der Waals surface area contributed by atoms with Crippen molar-refractivity contribution in [2.24, 2.45) is 11.7 Å². The number of rotatable bonds is 15. The van der Waals surface area contributed by atoms with Gasteiger partial charge in [0, 0.05) is 41.8 Å². The van der Waals surface area contributed by atoms with Gasteiger partial charge >= 0.3 is 5.97 Å². The number of imidazole rings is 1. The maximum atomic E-state index is 13.6. The zero-order chi connectivity index (χ0) is 29.2. The highest BCUT2D eigenvalue weighted by molar-refractivity contribution is 7.98. The van der Waals surface area contributed by atoms with Gasteiger partial charge in [-0.05, 0) is 36.0 Å². The number of carboxylic acids is 1. The molecule has 1 aromatic carbocycles. The van der Waals surface area contributed by atoms with E-state index in [0.29, 0.717) is 17.9 Å². The van der Waals surface area contributed by atoms with Crippen molar-refractivity contribution in [1.29, 1.82) is 0 Å². The first-order valence-corrected chi connectivity index (χ1v) is 14.4. The molecule has 3 rings (SSSR count). The Morgan fingerprint density at radius 2 is 1.68 bits per heavy atom. The lowest BCUT2D eigenvalue weighted by Crippen LogP contribution is -2.58. The molecule has 0 saturated carbocycles. The molecular formula is C27H37N7O5S. The van der Waals surface area contributed by atoms with E-state index in [2.05, 4.69) is 30.9 Å². The number of nitrogens with two attached hydrogens (primary N) is 1. The summed E-state index contributed by atoms with van der Waals surface area (Å²) in [4.78, 5) is 61.6. The van der Waals surface area contributed by atoms with Crippen LogP contribution in [0.5, 0.6) is 0 Å². The molecule has 4 atom stereocenters. The van der Waals surface area contributed by atoms with Gasteiger partial charge < -0.3 is 36.8 Å². The maximum Gasteiger partial charge on any atom is 0.326 e. The number of hydrogen-bond acceptors (Lipinski definition) is 7. The second-order valence-electron chi connectivity index (χ2n) is 9.92. The topological polar surface area (TPSA) is 195 Å². The average Bonchev–Trinajstić information content (AvgIpc) is 3.59. The van der Waals surface area contributed by atoms with Crippen LogP contribution >= 0.6 is 11.8 Å². The number of fused-ring (bicyclic) bond motifs is 1. The molecule has 4 unspecified atom stereocenters. The Morgan fingerprint density at radius 3 is 2.33 bits per heavy atom. The van der Waals surface area contributed by atoms with E-state index in [1.54, 1.807) is 31.8 Å². The van der Waals surface area contributed by atoms with Gasteiger partial charge in [0.25, 0.3) is 0 Å². The van der Waals surface area contributed by atoms with Crippen molar-refractivity contribution in [3.8, 4) is 0 Å². The molecule has 0 fully saturated rings. The number of amides is 3. The number of aliphatic carboxylic acids is 1. The summed E-state index contributed by atoms with van der Waals surface area (Å²) in [6, 6.07) is 3.38. The van der Waals surface area contributed by atoms with Gasteiger partial charge in [-0.1, -0.05) is 32.0 Å². The second-order valence-corrected chi connectivity index (χ2v) is 10.9. The standard InChI is InChI=1S/C27H37N7O5S/c1-15(2)23(27(38)39)34-26(37)21(10-16-12-30-20-7-5-4-6-18(16)20)33-25(36)22(11-17-13-29-14-31-17)32-24(35)19(28)8-9-40-3/h4-7,12-15,19,21-23,30H,8-11,28H2,1-3H3,(H,29,31)(H,32,35)(H,33,36)(H,34,37)(H,38,39). The molecular weight excluding hydrogens is 534 g/mol. The minimum atomic E-state index is -1.18. The normalized spacial score (nSPS) is 14.3. The molecule has 0 saturated heterocycles. The summed E-state index contributed by atoms with van der Waals surface area (Å²) in [5.41, 5.74) is 8.25. The Morgan fingerprint density at radius 1 is 1.00 bits per heavy atom. The van der Waals surface area contributed by atoms with Crippen LogP contribution in [0.2, 0.25) is 0 Å². The molecule has 40 heavy (non-hydrogen) atoms. The van der Waals surface area contributed by atoms with Gasteiger partial charge in [-0.15, -0.1) is 0 Å². The number of aromatic nitrogens is 3. The van der Waals surface area contributed by atoms with Crippen molar-refractivity contribution in [1.82, 2.24) is 30.9 Å². The van der Waals surface area contributed by atoms with Gasteiger partial charge in [0.1, 0.15) is 18.1 Å². The second kappa shape index (κ2) is 14.5. The van der Waals surface area contributed by atoms with Crippen molar-refractivity contribution in [2.75, 3.05) is 12.0 Å². The number of nitrogens with one attached hydrogen (secondary N) is 5. The van der Waals surface area contributed by atoms with Crippen LogP contribution in [0.4, 0.5) is 0 Å². The highest BCUT2D eigenvalue weighted by Crippen LogP contribution is 2.19. The van der Waals surface area contributed by atoms with Crippen LogP contribution < -0.4 is 21.7 Å². The van der Waals surface area contributed by atoms with E-state index >= 15 is 0 Å². The van der Waals surface area contributed by atoms with Crippen LogP contribution in [-0.4, -0.2) is 79.9 Å². The molecule has 2 aromatic heterocycles. The number of carbonyl (C=O) groups is 4. The Bertz CT molecular complexity index is 1290. The van der Waals surface area contributed by atoms with Crippen molar-refractivity contribution in [2.45, 2.75) is 57.3 Å². The van der Waals surface area contributed by atoms with Crippen LogP contribution in [0.3, 0.4) is 0 Å². The molecule has 0 aliphatic rings. The van der Waals surface area contributed by atoms with Crippen LogP contribution in [0, 0.1) is 5.92 Å². The van der Waals surface area contributed by atoms with Gasteiger partial charge in [0.05, 0.1) is 12.4 Å². The highest BCUT2D eigenvalue weighted by atomic mass is 32.2. The summed E-state index contributed by atoms with van der Waals surface area (Å²) >= 11 is 1.56. The molecule has 0 aliphatic carbocycles. The van der Waals surface area contributed by atoms with Gasteiger partial charge in [0.15, 0.2) is 0 Å². The number of H-pyrrole nitrogens is 2. The Kier molecular flexibility index (Phi) is 11.1. The third-order valence-electron chi connectivity index (χ3n) is 6.54. The quantitative estimate of drug-likeness (QED) is 0.140. The molecule has 8 N–H and O–H groups in total. The first kappa shape index (κ1) is 30.7. The van der Waals surface area contributed by atoms with Crippen molar-refractivity contribution >= 4 is 46.4 Å². The van der Waals surface area contributed by atoms with Crippen LogP contribution in [0.1, 0.15) is 31.5 Å². The minimum absolute atomic E-state index is 0.0813. The average molecular weight is 572 g/mol. The number of para-hydroxylation sites is 1. The predicted molar refractivity (Wildman–Crippen MR) is 154 cm³/mol. The van der Waals surface area contributed by atoms with E-state index in [1.165, 1.54) is 12.5 Å². The van der Waals surface area contributed by atoms with E-state index in [0.717, 1.165) is 16.5 Å². The fraction of sp³-hybridized carbons (Fsp3) is 0.444. The fourth-order valence-electron chi connectivity index (χ4n) is 4.25. The number of carboxylic acid groups (broad SMARTS) is 1. The molecule has 12 nitrogen and oxygen atoms in total. The van der Waals surface area contributed by atoms with Crippen molar-refractivity contribution < 1.29 is 24.3 Å². The number of benzene rings is 1. The molecule has 0 bridgehead atoms. The zero-order valence-electron chi connectivity index (χ0n) is 22.8. The summed E-state index contributed by atoms with van der Waals surface area (Å²) < 4.78 is 0. The Labute approximate surface area is 236 Å². The lowest BCUT2D eigenvalue weighted by atomic mass is 10.0. The zero-order valence-corrected chi connectivity index (χ0v) is 23.6. The molecule has 2 heterocycles. The van der Waals surface area contributed by atoms with E-state index in [-0.39, 0.29) is 18.8 Å². The van der Waals surface area contributed by atoms with Gasteiger partial charge in [0.2, 0.25) is 17.7 Å². The Balaban J connectivity index is 1.87. The summed E-state index contributed by atoms with van der Waals surface area (Å²) in [5, 5.41) is 18.5. The number of nitrogens with zero attached hydrogens (tertiary/aromatic N) is 1. The lowest BCUT2D eigenvalue weighted by molar-refractivity contribution is -0.143. The van der Waals surface area contributed by atoms with E-state index in [4.69, 9.17) is 5.73 Å². The maximum absolute atomic E-state index is 13.6. The third kappa shape index (κ3) is 8.33. The van der Waals surface area contributed by atoms with Gasteiger partial charge in [-0.25, -0.2) is 9.78 Å². The highest BCUT2D eigenvalue weighted by Gasteiger charge is 2.32. The predicted octanol–water partition coefficient (Wildman–Crippen LogP) is 0.952. The molecule has 3 amide bonds. The summed E-state index contributed by atoms with van der Waals surface area (Å²) in [6.45, 7) is 3.37. The molecule has 0 aliphatic heterocycles. The lowest BCUT2D eigenvalue weighted by Gasteiger charge is -2.26. The molecule has 216 valence electrons. The molecule has 3 aromatic rings. The minimum Gasteiger partial charge on any atom is -0.480 e. The van der Waals surface area contributed by atoms with Crippen molar-refractivity contribution in [3.05, 3.63) is 54.2 Å². The summed E-state index contributed by atoms with van der Waals surface area (Å²) in [6.07, 6.45) is 7.26. The van der Waals surface area contributed by atoms with Crippen LogP contribution in [0.15, 0.2) is 43.0 Å². The molecule has 0 spiro atoms. The third-order valence-corrected chi connectivity index (χ3v) is 7.19. The monoisotopic (exact) mass is 571 g/mol. The van der Waals surface area contributed by atoms with Crippen LogP contribution in [-0.2, 0) is 32.0 Å². The fourth-order valence-corrected chi connectivity index (χ4v) is 4.74. The Hall–Kier alpha value is -3.84. The van der Waals surface area contributed by atoms with E-state index in [1.807, 2.05) is 30.5 Å². The number of hydrogen-bond donors (Lipinski definition) is 7. The van der Waals surface area contributed by atoms with Gasteiger partial charge in [-0.2, -0.15) is 11.8 Å². The molecule has 0 radical (unpaired) electrons. The largest absolute Gasteiger partial charge is 0.480 e. The summed E-state index contributed by atoms with van der Waals surface area (Å²) in [5.74, 6) is -2.64. The number of aromatic amines is 2. The van der Waals surface area contributed by atoms with E-state index < -0.39 is 47.9 Å². The van der Waals surface area contributed by atoms with Gasteiger partial charge in [-0.3, -0.25) is 14.4 Å². The smallest absolute Gasteiger partial charge is 0.326 e. The first-order valence-electron chi connectivity index (χ1n) is 13.0. The number of thioether (sulfide) groups is 1. The number of carbonyl (C=O) groups excluding carboxylic acids is 3. The summed E-state index contributed by atoms with van der Waals surface area (Å²) in [7, 11) is 0. The van der Waals surface area contributed by atoms with Crippen molar-refractivity contribution in [3.63, 3.8) is 0 Å². The SMILES string of the molecule is CSCCC(N)C(=O)NC(Cc1cnc[nH]1)C(=O)NC(Cc1c[nH]c2ccccc12)C(=O)NC(C(=O)O)C(C)C. The molecule has 13 heteroatoms. The van der Waals surface area contributed by atoms with E-state index in [9.17, 15) is 24.3 Å². The van der Waals surface area contributed by atoms with Crippen LogP contribution in [0.25, 0.3) is 10.9 Å². The first-order chi connectivity index (χ1) is 19.1.